The summed E-state index contributed by atoms with van der Waals surface area (Å²) in [6.45, 7) is 11.4. The second-order valence-corrected chi connectivity index (χ2v) is 7.34. The molecule has 0 heteroatoms. The second-order valence-electron chi connectivity index (χ2n) is 7.34. The van der Waals surface area contributed by atoms with E-state index in [1.54, 1.807) is 0 Å². The number of aryl methyl sites for hydroxylation is 2. The summed E-state index contributed by atoms with van der Waals surface area (Å²) in [6.07, 6.45) is 7.18. The van der Waals surface area contributed by atoms with Crippen molar-refractivity contribution in [2.45, 2.75) is 60.3 Å². The van der Waals surface area contributed by atoms with Crippen LogP contribution in [-0.2, 0) is 6.42 Å². The number of hydrogen-bond donors (Lipinski definition) is 0. The average molecular weight is 321 g/mol. The lowest BCUT2D eigenvalue weighted by atomic mass is 9.72. The number of rotatable bonds is 7. The molecule has 2 aromatic carbocycles. The Morgan fingerprint density at radius 3 is 2.00 bits per heavy atom. The fourth-order valence-electron chi connectivity index (χ4n) is 3.79. The van der Waals surface area contributed by atoms with E-state index in [1.807, 2.05) is 0 Å². The van der Waals surface area contributed by atoms with Crippen molar-refractivity contribution in [1.82, 2.24) is 0 Å². The Kier molecular flexibility index (Phi) is 6.43. The van der Waals surface area contributed by atoms with E-state index in [0.717, 1.165) is 0 Å². The highest BCUT2D eigenvalue weighted by molar-refractivity contribution is 5.59. The van der Waals surface area contributed by atoms with Crippen molar-refractivity contribution in [1.29, 1.82) is 0 Å². The molecule has 0 nitrogen and oxygen atoms in total. The SMILES string of the molecule is CCC(CC)(C/C(C)=C/c1c(C)cccc1C)Cc1ccccc1. The van der Waals surface area contributed by atoms with Crippen LogP contribution in [0.25, 0.3) is 6.08 Å². The van der Waals surface area contributed by atoms with Gasteiger partial charge >= 0.3 is 0 Å². The molecule has 0 saturated heterocycles. The molecule has 0 radical (unpaired) electrons. The van der Waals surface area contributed by atoms with Crippen LogP contribution in [0.5, 0.6) is 0 Å². The van der Waals surface area contributed by atoms with E-state index >= 15 is 0 Å². The lowest BCUT2D eigenvalue weighted by Crippen LogP contribution is -2.22. The third kappa shape index (κ3) is 4.60. The number of hydrogen-bond acceptors (Lipinski definition) is 0. The summed E-state index contributed by atoms with van der Waals surface area (Å²) in [4.78, 5) is 0. The van der Waals surface area contributed by atoms with Gasteiger partial charge < -0.3 is 0 Å². The first-order valence-electron chi connectivity index (χ1n) is 9.27. The minimum atomic E-state index is 0.360. The molecule has 0 spiro atoms. The molecule has 0 atom stereocenters. The van der Waals surface area contributed by atoms with Crippen LogP contribution in [0, 0.1) is 19.3 Å². The Morgan fingerprint density at radius 1 is 0.875 bits per heavy atom. The molecule has 0 aliphatic heterocycles. The van der Waals surface area contributed by atoms with E-state index in [4.69, 9.17) is 0 Å². The Labute approximate surface area is 148 Å². The Balaban J connectivity index is 2.25. The zero-order valence-corrected chi connectivity index (χ0v) is 16.0. The maximum absolute atomic E-state index is 2.41. The summed E-state index contributed by atoms with van der Waals surface area (Å²) in [5.74, 6) is 0. The lowest BCUT2D eigenvalue weighted by Gasteiger charge is -2.32. The Bertz CT molecular complexity index is 652. The van der Waals surface area contributed by atoms with Crippen molar-refractivity contribution < 1.29 is 0 Å². The fraction of sp³-hybridized carbons (Fsp3) is 0.417. The molecule has 0 fully saturated rings. The highest BCUT2D eigenvalue weighted by atomic mass is 14.3. The van der Waals surface area contributed by atoms with Crippen molar-refractivity contribution in [2.75, 3.05) is 0 Å². The van der Waals surface area contributed by atoms with Crippen LogP contribution < -0.4 is 0 Å². The minimum Gasteiger partial charge on any atom is -0.0721 e. The van der Waals surface area contributed by atoms with Gasteiger partial charge in [0.1, 0.15) is 0 Å². The molecule has 2 aromatic rings. The van der Waals surface area contributed by atoms with Crippen LogP contribution in [0.3, 0.4) is 0 Å². The highest BCUT2D eigenvalue weighted by Gasteiger charge is 2.26. The van der Waals surface area contributed by atoms with E-state index in [9.17, 15) is 0 Å². The van der Waals surface area contributed by atoms with Gasteiger partial charge in [0, 0.05) is 0 Å². The molecule has 24 heavy (non-hydrogen) atoms. The molecule has 128 valence electrons. The molecule has 0 aliphatic carbocycles. The van der Waals surface area contributed by atoms with Gasteiger partial charge in [0.05, 0.1) is 0 Å². The fourth-order valence-corrected chi connectivity index (χ4v) is 3.79. The van der Waals surface area contributed by atoms with Crippen LogP contribution in [0.4, 0.5) is 0 Å². The zero-order valence-electron chi connectivity index (χ0n) is 16.0. The van der Waals surface area contributed by atoms with Gasteiger partial charge in [-0.05, 0) is 74.1 Å². The first-order chi connectivity index (χ1) is 11.5. The largest absolute Gasteiger partial charge is 0.0721 e. The highest BCUT2D eigenvalue weighted by Crippen LogP contribution is 2.38. The first-order valence-corrected chi connectivity index (χ1v) is 9.27. The molecule has 0 aromatic heterocycles. The second kappa shape index (κ2) is 8.33. The summed E-state index contributed by atoms with van der Waals surface area (Å²) >= 11 is 0. The molecule has 0 heterocycles. The molecule has 0 unspecified atom stereocenters. The van der Waals surface area contributed by atoms with Crippen LogP contribution in [0.2, 0.25) is 0 Å². The van der Waals surface area contributed by atoms with Gasteiger partial charge in [0.25, 0.3) is 0 Å². The Hall–Kier alpha value is -1.82. The number of allylic oxidation sites excluding steroid dienone is 1. The predicted molar refractivity (Wildman–Crippen MR) is 107 cm³/mol. The van der Waals surface area contributed by atoms with Crippen LogP contribution in [0.15, 0.2) is 54.1 Å². The van der Waals surface area contributed by atoms with Gasteiger partial charge in [-0.25, -0.2) is 0 Å². The van der Waals surface area contributed by atoms with Crippen molar-refractivity contribution in [2.24, 2.45) is 5.41 Å². The van der Waals surface area contributed by atoms with Crippen molar-refractivity contribution in [3.63, 3.8) is 0 Å². The standard InChI is InChI=1S/C24H32/c1-6-24(7-2,18-22-14-9-8-10-15-22)17-19(3)16-23-20(4)12-11-13-21(23)5/h8-16H,6-7,17-18H2,1-5H3/b19-16+. The molecule has 0 aliphatic rings. The van der Waals surface area contributed by atoms with E-state index in [0.29, 0.717) is 5.41 Å². The van der Waals surface area contributed by atoms with Gasteiger partial charge in [0.2, 0.25) is 0 Å². The third-order valence-electron chi connectivity index (χ3n) is 5.51. The van der Waals surface area contributed by atoms with E-state index in [1.165, 1.54) is 53.5 Å². The summed E-state index contributed by atoms with van der Waals surface area (Å²) in [7, 11) is 0. The van der Waals surface area contributed by atoms with E-state index in [2.05, 4.69) is 89.2 Å². The van der Waals surface area contributed by atoms with Crippen molar-refractivity contribution in [3.05, 3.63) is 76.4 Å². The quantitative estimate of drug-likeness (QED) is 0.508. The maximum Gasteiger partial charge on any atom is -0.0199 e. The number of benzene rings is 2. The average Bonchev–Trinajstić information content (AvgIpc) is 2.58. The molecular weight excluding hydrogens is 288 g/mol. The van der Waals surface area contributed by atoms with Gasteiger partial charge in [-0.2, -0.15) is 0 Å². The van der Waals surface area contributed by atoms with Gasteiger partial charge in [-0.1, -0.05) is 74.0 Å². The molecule has 0 N–H and O–H groups in total. The smallest absolute Gasteiger partial charge is 0.0199 e. The van der Waals surface area contributed by atoms with Crippen molar-refractivity contribution >= 4 is 6.08 Å². The molecular formula is C24H32. The van der Waals surface area contributed by atoms with Gasteiger partial charge in [-0.3, -0.25) is 0 Å². The molecule has 0 amide bonds. The predicted octanol–water partition coefficient (Wildman–Crippen LogP) is 7.15. The summed E-state index contributed by atoms with van der Waals surface area (Å²) in [5.41, 5.74) is 7.45. The Morgan fingerprint density at radius 2 is 1.46 bits per heavy atom. The van der Waals surface area contributed by atoms with Crippen molar-refractivity contribution in [3.8, 4) is 0 Å². The summed E-state index contributed by atoms with van der Waals surface area (Å²) < 4.78 is 0. The zero-order chi connectivity index (χ0) is 17.6. The molecule has 0 bridgehead atoms. The van der Waals surface area contributed by atoms with E-state index < -0.39 is 0 Å². The van der Waals surface area contributed by atoms with Gasteiger partial charge in [-0.15, -0.1) is 0 Å². The minimum absolute atomic E-state index is 0.360. The molecule has 2 rings (SSSR count). The van der Waals surface area contributed by atoms with Crippen LogP contribution in [-0.4, -0.2) is 0 Å². The molecule has 0 saturated carbocycles. The first kappa shape index (κ1) is 18.5. The normalized spacial score (nSPS) is 12.5. The maximum atomic E-state index is 2.41. The van der Waals surface area contributed by atoms with Crippen LogP contribution in [0.1, 0.15) is 62.3 Å². The van der Waals surface area contributed by atoms with E-state index in [-0.39, 0.29) is 0 Å². The van der Waals surface area contributed by atoms with Crippen LogP contribution >= 0.6 is 0 Å². The summed E-state index contributed by atoms with van der Waals surface area (Å²) in [5, 5.41) is 0. The monoisotopic (exact) mass is 320 g/mol. The topological polar surface area (TPSA) is 0 Å². The third-order valence-corrected chi connectivity index (χ3v) is 5.51. The van der Waals surface area contributed by atoms with Gasteiger partial charge in [0.15, 0.2) is 0 Å². The lowest BCUT2D eigenvalue weighted by molar-refractivity contribution is 0.257. The summed E-state index contributed by atoms with van der Waals surface area (Å²) in [6, 6.07) is 17.5.